The number of hydrogen-bond acceptors (Lipinski definition) is 3. The Morgan fingerprint density at radius 2 is 1.90 bits per heavy atom. The van der Waals surface area contributed by atoms with Gasteiger partial charge in [-0.25, -0.2) is 8.78 Å². The Balaban J connectivity index is 1.55. The minimum atomic E-state index is -0.661. The number of nitrogens with zero attached hydrogens (tertiary/aromatic N) is 3. The summed E-state index contributed by atoms with van der Waals surface area (Å²) in [6, 6.07) is 7.65. The zero-order chi connectivity index (χ0) is 21.4. The third-order valence-corrected chi connectivity index (χ3v) is 5.77. The van der Waals surface area contributed by atoms with E-state index in [-0.39, 0.29) is 23.2 Å². The second-order valence-corrected chi connectivity index (χ2v) is 7.84. The molecule has 1 aliphatic heterocycles. The first-order chi connectivity index (χ1) is 14.3. The third-order valence-electron chi connectivity index (χ3n) is 5.44. The first kappa shape index (κ1) is 20.3. The van der Waals surface area contributed by atoms with Crippen molar-refractivity contribution in [3.8, 4) is 17.0 Å². The van der Waals surface area contributed by atoms with E-state index in [0.717, 1.165) is 23.4 Å². The molecule has 0 spiro atoms. The molecule has 156 valence electrons. The summed E-state index contributed by atoms with van der Waals surface area (Å²) in [5.74, 6) is -1.65. The van der Waals surface area contributed by atoms with Gasteiger partial charge in [0.1, 0.15) is 17.4 Å². The molecule has 1 saturated heterocycles. The number of piperidine rings is 1. The molecule has 1 fully saturated rings. The molecule has 30 heavy (non-hydrogen) atoms. The van der Waals surface area contributed by atoms with Crippen molar-refractivity contribution in [3.05, 3.63) is 70.4 Å². The summed E-state index contributed by atoms with van der Waals surface area (Å²) >= 11 is 6.31. The standard InChI is InChI=1S/C22H20ClF2N3O2/c1-13-12-26-28(21(13)17-10-14(24)2-4-19(17)23)15-6-8-27(9-7-15)22(30)18-11-16(29)3-5-20(18)25/h2-5,10-12,15,29H,6-9H2,1H3. The summed E-state index contributed by atoms with van der Waals surface area (Å²) in [7, 11) is 0. The van der Waals surface area contributed by atoms with Gasteiger partial charge in [-0.15, -0.1) is 0 Å². The quantitative estimate of drug-likeness (QED) is 0.636. The summed E-state index contributed by atoms with van der Waals surface area (Å²) < 4.78 is 29.7. The lowest BCUT2D eigenvalue weighted by atomic mass is 10.0. The van der Waals surface area contributed by atoms with Gasteiger partial charge in [-0.3, -0.25) is 9.48 Å². The molecule has 0 unspecified atom stereocenters. The predicted octanol–water partition coefficient (Wildman–Crippen LogP) is 4.97. The average Bonchev–Trinajstić information content (AvgIpc) is 3.12. The van der Waals surface area contributed by atoms with E-state index in [1.807, 2.05) is 11.6 Å². The Morgan fingerprint density at radius 1 is 1.17 bits per heavy atom. The van der Waals surface area contributed by atoms with E-state index in [1.54, 1.807) is 11.1 Å². The van der Waals surface area contributed by atoms with Crippen LogP contribution in [0.1, 0.15) is 34.8 Å². The van der Waals surface area contributed by atoms with E-state index in [2.05, 4.69) is 5.10 Å². The van der Waals surface area contributed by atoms with Crippen LogP contribution in [0.4, 0.5) is 8.78 Å². The minimum absolute atomic E-state index is 0.00823. The largest absolute Gasteiger partial charge is 0.508 e. The maximum atomic E-state index is 14.0. The molecule has 2 heterocycles. The van der Waals surface area contributed by atoms with Crippen molar-refractivity contribution >= 4 is 17.5 Å². The van der Waals surface area contributed by atoms with Gasteiger partial charge in [-0.2, -0.15) is 5.10 Å². The molecule has 0 saturated carbocycles. The number of carbonyl (C=O) groups excluding carboxylic acids is 1. The summed E-state index contributed by atoms with van der Waals surface area (Å²) in [6.45, 7) is 2.71. The number of phenolic OH excluding ortho intramolecular Hbond substituents is 1. The van der Waals surface area contributed by atoms with Crippen molar-refractivity contribution < 1.29 is 18.7 Å². The SMILES string of the molecule is Cc1cnn(C2CCN(C(=O)c3cc(O)ccc3F)CC2)c1-c1cc(F)ccc1Cl. The summed E-state index contributed by atoms with van der Waals surface area (Å²) in [6.07, 6.45) is 2.93. The van der Waals surface area contributed by atoms with E-state index in [1.165, 1.54) is 24.3 Å². The van der Waals surface area contributed by atoms with Gasteiger partial charge >= 0.3 is 0 Å². The number of halogens is 3. The van der Waals surface area contributed by atoms with Gasteiger partial charge < -0.3 is 10.0 Å². The molecule has 5 nitrogen and oxygen atoms in total. The Morgan fingerprint density at radius 3 is 2.63 bits per heavy atom. The van der Waals surface area contributed by atoms with Gasteiger partial charge in [0, 0.05) is 18.7 Å². The number of amides is 1. The molecule has 0 radical (unpaired) electrons. The number of aromatic hydroxyl groups is 1. The van der Waals surface area contributed by atoms with Crippen LogP contribution in [0.15, 0.2) is 42.6 Å². The predicted molar refractivity (Wildman–Crippen MR) is 110 cm³/mol. The number of phenols is 1. The maximum absolute atomic E-state index is 14.0. The van der Waals surface area contributed by atoms with Gasteiger partial charge in [-0.1, -0.05) is 11.6 Å². The van der Waals surface area contributed by atoms with Crippen LogP contribution in [-0.4, -0.2) is 38.8 Å². The van der Waals surface area contributed by atoms with E-state index >= 15 is 0 Å². The van der Waals surface area contributed by atoms with Crippen molar-refractivity contribution in [2.24, 2.45) is 0 Å². The minimum Gasteiger partial charge on any atom is -0.508 e. The van der Waals surface area contributed by atoms with Gasteiger partial charge in [0.15, 0.2) is 0 Å². The fourth-order valence-electron chi connectivity index (χ4n) is 3.90. The molecule has 4 rings (SSSR count). The van der Waals surface area contributed by atoms with Gasteiger partial charge in [0.2, 0.25) is 0 Å². The van der Waals surface area contributed by atoms with Crippen LogP contribution in [0.5, 0.6) is 5.75 Å². The number of aromatic nitrogens is 2. The van der Waals surface area contributed by atoms with Crippen molar-refractivity contribution in [1.82, 2.24) is 14.7 Å². The van der Waals surface area contributed by atoms with E-state index in [9.17, 15) is 18.7 Å². The lowest BCUT2D eigenvalue weighted by Crippen LogP contribution is -2.39. The third kappa shape index (κ3) is 3.77. The summed E-state index contributed by atoms with van der Waals surface area (Å²) in [4.78, 5) is 14.3. The average molecular weight is 432 g/mol. The van der Waals surface area contributed by atoms with Gasteiger partial charge in [0.25, 0.3) is 5.91 Å². The number of hydrogen-bond donors (Lipinski definition) is 1. The van der Waals surface area contributed by atoms with Crippen molar-refractivity contribution in [2.45, 2.75) is 25.8 Å². The molecule has 1 aliphatic rings. The first-order valence-corrected chi connectivity index (χ1v) is 10.00. The Kier molecular flexibility index (Phi) is 5.47. The normalized spacial score (nSPS) is 14.9. The molecular formula is C22H20ClF2N3O2. The highest BCUT2D eigenvalue weighted by atomic mass is 35.5. The molecular weight excluding hydrogens is 412 g/mol. The summed E-state index contributed by atoms with van der Waals surface area (Å²) in [5.41, 5.74) is 2.06. The van der Waals surface area contributed by atoms with Crippen molar-refractivity contribution in [3.63, 3.8) is 0 Å². The molecule has 0 atom stereocenters. The van der Waals surface area contributed by atoms with Crippen molar-refractivity contribution in [1.29, 1.82) is 0 Å². The van der Waals surface area contributed by atoms with E-state index in [0.29, 0.717) is 36.5 Å². The Labute approximate surface area is 177 Å². The molecule has 0 aliphatic carbocycles. The molecule has 8 heteroatoms. The highest BCUT2D eigenvalue weighted by Crippen LogP contribution is 2.35. The smallest absolute Gasteiger partial charge is 0.256 e. The first-order valence-electron chi connectivity index (χ1n) is 9.62. The number of aryl methyl sites for hydroxylation is 1. The van der Waals surface area contributed by atoms with Crippen LogP contribution in [0.2, 0.25) is 5.02 Å². The zero-order valence-corrected chi connectivity index (χ0v) is 17.0. The van der Waals surface area contributed by atoms with Gasteiger partial charge in [-0.05, 0) is 61.7 Å². The molecule has 1 N–H and O–H groups in total. The molecule has 1 aromatic heterocycles. The molecule has 3 aromatic rings. The molecule has 0 bridgehead atoms. The fourth-order valence-corrected chi connectivity index (χ4v) is 4.11. The van der Waals surface area contributed by atoms with Crippen LogP contribution >= 0.6 is 11.6 Å². The van der Waals surface area contributed by atoms with E-state index in [4.69, 9.17) is 11.6 Å². The maximum Gasteiger partial charge on any atom is 0.256 e. The van der Waals surface area contributed by atoms with Crippen LogP contribution in [0, 0.1) is 18.6 Å². The highest BCUT2D eigenvalue weighted by molar-refractivity contribution is 6.33. The Bertz CT molecular complexity index is 1110. The lowest BCUT2D eigenvalue weighted by molar-refractivity contribution is 0.0685. The second-order valence-electron chi connectivity index (χ2n) is 7.43. The number of carbonyl (C=O) groups is 1. The molecule has 1 amide bonds. The topological polar surface area (TPSA) is 58.4 Å². The zero-order valence-electron chi connectivity index (χ0n) is 16.3. The number of rotatable bonds is 3. The fraction of sp³-hybridized carbons (Fsp3) is 0.273. The molecule has 2 aromatic carbocycles. The second kappa shape index (κ2) is 8.07. The Hall–Kier alpha value is -2.93. The van der Waals surface area contributed by atoms with Gasteiger partial charge in [0.05, 0.1) is 28.5 Å². The van der Waals surface area contributed by atoms with Crippen LogP contribution in [0.3, 0.4) is 0 Å². The highest BCUT2D eigenvalue weighted by Gasteiger charge is 2.28. The lowest BCUT2D eigenvalue weighted by Gasteiger charge is -2.33. The number of benzene rings is 2. The van der Waals surface area contributed by atoms with Crippen LogP contribution in [0.25, 0.3) is 11.3 Å². The van der Waals surface area contributed by atoms with Crippen LogP contribution in [-0.2, 0) is 0 Å². The monoisotopic (exact) mass is 431 g/mol. The van der Waals surface area contributed by atoms with Crippen molar-refractivity contribution in [2.75, 3.05) is 13.1 Å². The number of likely N-dealkylation sites (tertiary alicyclic amines) is 1. The van der Waals surface area contributed by atoms with Crippen LogP contribution < -0.4 is 0 Å². The van der Waals surface area contributed by atoms with E-state index < -0.39 is 11.7 Å². The summed E-state index contributed by atoms with van der Waals surface area (Å²) in [5, 5.41) is 14.5.